The molecular weight excluding hydrogens is 531 g/mol. The van der Waals surface area contributed by atoms with E-state index >= 15 is 0 Å². The number of nitrogens with zero attached hydrogens (tertiary/aromatic N) is 4. The van der Waals surface area contributed by atoms with Gasteiger partial charge >= 0.3 is 0 Å². The van der Waals surface area contributed by atoms with E-state index < -0.39 is 17.8 Å². The van der Waals surface area contributed by atoms with Gasteiger partial charge in [-0.1, -0.05) is 29.8 Å². The topological polar surface area (TPSA) is 124 Å². The van der Waals surface area contributed by atoms with Gasteiger partial charge in [0.2, 0.25) is 11.7 Å². The number of likely N-dealkylation sites (N-methyl/N-ethyl adjacent to an activating group) is 1. The van der Waals surface area contributed by atoms with Gasteiger partial charge in [0.25, 0.3) is 0 Å². The van der Waals surface area contributed by atoms with Crippen LogP contribution in [0.15, 0.2) is 60.7 Å². The number of carbonyl (C=O) groups excluding carboxylic acids is 1. The molecule has 1 aromatic heterocycles. The molecule has 0 aliphatic carbocycles. The van der Waals surface area contributed by atoms with Crippen LogP contribution in [-0.2, 0) is 4.79 Å². The lowest BCUT2D eigenvalue weighted by Gasteiger charge is -2.25. The highest BCUT2D eigenvalue weighted by molar-refractivity contribution is 6.32. The molecule has 204 valence electrons. The number of nitrogens with one attached hydrogen (secondary N) is 2. The summed E-state index contributed by atoms with van der Waals surface area (Å²) in [4.78, 5) is 14.5. The normalized spacial score (nSPS) is 11.6. The Morgan fingerprint density at radius 1 is 1.05 bits per heavy atom. The summed E-state index contributed by atoms with van der Waals surface area (Å²) in [5.74, 6) is 0.819. The van der Waals surface area contributed by atoms with Crippen LogP contribution in [0.3, 0.4) is 0 Å². The quantitative estimate of drug-likeness (QED) is 0.260. The smallest absolute Gasteiger partial charge is 0.238 e. The number of anilines is 1. The number of para-hydroxylation sites is 2. The average Bonchev–Trinajstić information content (AvgIpc) is 3.45. The van der Waals surface area contributed by atoms with E-state index in [4.69, 9.17) is 30.5 Å². The van der Waals surface area contributed by atoms with Gasteiger partial charge in [0.1, 0.15) is 18.4 Å². The maximum absolute atomic E-state index is 14.9. The maximum Gasteiger partial charge on any atom is 0.238 e. The standard InChI is InChI=1S/C26H26ClFN6O5/c1-34(19(26-30-32-33-31-26)15-38-20-8-5-4-7-17(20)27)14-24(35)29-16-11-12-21(18(28)13-16)39-23-10-6-9-22(36-2)25(23)37-3/h4-13,19H,14-15H2,1-3H3,(H,29,35)(H,30,31,32,33). The minimum atomic E-state index is -0.676. The first kappa shape index (κ1) is 27.6. The molecule has 4 rings (SSSR count). The van der Waals surface area contributed by atoms with Crippen molar-refractivity contribution in [1.82, 2.24) is 25.5 Å². The summed E-state index contributed by atoms with van der Waals surface area (Å²) >= 11 is 6.18. The predicted molar refractivity (Wildman–Crippen MR) is 141 cm³/mol. The zero-order valence-electron chi connectivity index (χ0n) is 21.4. The molecule has 3 aromatic carbocycles. The molecular formula is C26H26ClFN6O5. The number of hydrogen-bond donors (Lipinski definition) is 2. The molecule has 1 unspecified atom stereocenters. The second kappa shape index (κ2) is 12.9. The van der Waals surface area contributed by atoms with E-state index in [9.17, 15) is 9.18 Å². The molecule has 0 bridgehead atoms. The fraction of sp³-hybridized carbons (Fsp3) is 0.231. The van der Waals surface area contributed by atoms with Crippen molar-refractivity contribution < 1.29 is 28.1 Å². The van der Waals surface area contributed by atoms with Crippen molar-refractivity contribution >= 4 is 23.2 Å². The van der Waals surface area contributed by atoms with Crippen LogP contribution in [0.5, 0.6) is 28.7 Å². The molecule has 1 amide bonds. The maximum atomic E-state index is 14.9. The third-order valence-electron chi connectivity index (χ3n) is 5.64. The Morgan fingerprint density at radius 2 is 1.82 bits per heavy atom. The summed E-state index contributed by atoms with van der Waals surface area (Å²) < 4.78 is 37.0. The first-order chi connectivity index (χ1) is 18.9. The van der Waals surface area contributed by atoms with Gasteiger partial charge < -0.3 is 24.3 Å². The molecule has 1 heterocycles. The lowest BCUT2D eigenvalue weighted by molar-refractivity contribution is -0.117. The predicted octanol–water partition coefficient (Wildman–Crippen LogP) is 4.49. The van der Waals surface area contributed by atoms with E-state index in [1.807, 2.05) is 0 Å². The number of tetrazole rings is 1. The van der Waals surface area contributed by atoms with E-state index in [-0.39, 0.29) is 30.3 Å². The molecule has 4 aromatic rings. The third-order valence-corrected chi connectivity index (χ3v) is 5.95. The van der Waals surface area contributed by atoms with Gasteiger partial charge in [0.05, 0.1) is 25.8 Å². The van der Waals surface area contributed by atoms with Crippen LogP contribution >= 0.6 is 11.6 Å². The Hall–Kier alpha value is -4.42. The number of aromatic nitrogens is 4. The first-order valence-corrected chi connectivity index (χ1v) is 12.1. The molecule has 0 spiro atoms. The Kier molecular flexibility index (Phi) is 9.13. The van der Waals surface area contributed by atoms with E-state index in [0.717, 1.165) is 6.07 Å². The van der Waals surface area contributed by atoms with Crippen LogP contribution in [0.25, 0.3) is 0 Å². The van der Waals surface area contributed by atoms with E-state index in [2.05, 4.69) is 25.9 Å². The number of ether oxygens (including phenoxy) is 4. The highest BCUT2D eigenvalue weighted by Crippen LogP contribution is 2.40. The lowest BCUT2D eigenvalue weighted by atomic mass is 10.2. The van der Waals surface area contributed by atoms with Crippen LogP contribution in [0.4, 0.5) is 10.1 Å². The van der Waals surface area contributed by atoms with Gasteiger partial charge in [0, 0.05) is 11.8 Å². The molecule has 13 heteroatoms. The van der Waals surface area contributed by atoms with Gasteiger partial charge in [-0.05, 0) is 53.9 Å². The molecule has 2 N–H and O–H groups in total. The zero-order chi connectivity index (χ0) is 27.8. The summed E-state index contributed by atoms with van der Waals surface area (Å²) in [5.41, 5.74) is 0.251. The average molecular weight is 557 g/mol. The van der Waals surface area contributed by atoms with Gasteiger partial charge in [0.15, 0.2) is 28.9 Å². The molecule has 0 aliphatic rings. The van der Waals surface area contributed by atoms with Crippen LogP contribution in [0, 0.1) is 5.82 Å². The summed E-state index contributed by atoms with van der Waals surface area (Å²) in [5, 5.41) is 17.0. The Morgan fingerprint density at radius 3 is 2.51 bits per heavy atom. The van der Waals surface area contributed by atoms with Crippen molar-refractivity contribution in [1.29, 1.82) is 0 Å². The third kappa shape index (κ3) is 6.92. The minimum Gasteiger partial charge on any atom is -0.493 e. The molecule has 1 atom stereocenters. The Bertz CT molecular complexity index is 1410. The van der Waals surface area contributed by atoms with Crippen molar-refractivity contribution in [2.24, 2.45) is 0 Å². The van der Waals surface area contributed by atoms with Crippen molar-refractivity contribution in [3.05, 3.63) is 77.3 Å². The van der Waals surface area contributed by atoms with E-state index in [0.29, 0.717) is 28.1 Å². The molecule has 0 fully saturated rings. The number of rotatable bonds is 12. The summed E-state index contributed by atoms with van der Waals surface area (Å²) in [6.45, 7) is 0.0386. The van der Waals surface area contributed by atoms with Crippen LogP contribution in [0.1, 0.15) is 11.9 Å². The molecule has 0 saturated carbocycles. The Balaban J connectivity index is 1.40. The SMILES string of the molecule is COc1cccc(Oc2ccc(NC(=O)CN(C)C(COc3ccccc3Cl)c3nnn[nH]3)cc2F)c1OC. The fourth-order valence-corrected chi connectivity index (χ4v) is 3.90. The molecule has 11 nitrogen and oxygen atoms in total. The molecule has 0 aliphatic heterocycles. The summed E-state index contributed by atoms with van der Waals surface area (Å²) in [6, 6.07) is 15.7. The molecule has 39 heavy (non-hydrogen) atoms. The van der Waals surface area contributed by atoms with Crippen molar-refractivity contribution in [3.63, 3.8) is 0 Å². The van der Waals surface area contributed by atoms with Gasteiger partial charge in [-0.3, -0.25) is 9.69 Å². The number of halogens is 2. The number of aromatic amines is 1. The number of hydrogen-bond acceptors (Lipinski definition) is 9. The fourth-order valence-electron chi connectivity index (χ4n) is 3.71. The van der Waals surface area contributed by atoms with Crippen molar-refractivity contribution in [2.75, 3.05) is 39.7 Å². The van der Waals surface area contributed by atoms with Gasteiger partial charge in [-0.25, -0.2) is 9.49 Å². The van der Waals surface area contributed by atoms with Crippen molar-refractivity contribution in [2.45, 2.75) is 6.04 Å². The number of carbonyl (C=O) groups is 1. The number of methoxy groups -OCH3 is 2. The minimum absolute atomic E-state index is 0.0497. The highest BCUT2D eigenvalue weighted by Gasteiger charge is 2.24. The molecule has 0 saturated heterocycles. The van der Waals surface area contributed by atoms with E-state index in [1.54, 1.807) is 54.4 Å². The number of H-pyrrole nitrogens is 1. The molecule has 0 radical (unpaired) electrons. The Labute approximate surface area is 228 Å². The van der Waals surface area contributed by atoms with Crippen molar-refractivity contribution in [3.8, 4) is 28.7 Å². The zero-order valence-corrected chi connectivity index (χ0v) is 22.1. The van der Waals surface area contributed by atoms with Gasteiger partial charge in [-0.15, -0.1) is 5.10 Å². The summed E-state index contributed by atoms with van der Waals surface area (Å²) in [7, 11) is 4.67. The van der Waals surface area contributed by atoms with Gasteiger partial charge in [-0.2, -0.15) is 0 Å². The first-order valence-electron chi connectivity index (χ1n) is 11.7. The number of amides is 1. The van der Waals surface area contributed by atoms with Crippen LogP contribution in [0.2, 0.25) is 5.02 Å². The lowest BCUT2D eigenvalue weighted by Crippen LogP contribution is -2.36. The summed E-state index contributed by atoms with van der Waals surface area (Å²) in [6.07, 6.45) is 0. The monoisotopic (exact) mass is 556 g/mol. The van der Waals surface area contributed by atoms with Crippen LogP contribution in [-0.4, -0.2) is 65.9 Å². The van der Waals surface area contributed by atoms with Crippen LogP contribution < -0.4 is 24.3 Å². The largest absolute Gasteiger partial charge is 0.493 e. The van der Waals surface area contributed by atoms with E-state index in [1.165, 1.54) is 26.4 Å². The second-order valence-corrected chi connectivity index (χ2v) is 8.65. The number of benzene rings is 3. The highest BCUT2D eigenvalue weighted by atomic mass is 35.5. The second-order valence-electron chi connectivity index (χ2n) is 8.25.